The lowest BCUT2D eigenvalue weighted by atomic mass is 9.90. The van der Waals surface area contributed by atoms with Gasteiger partial charge in [0, 0.05) is 12.1 Å². The molecule has 2 saturated carbocycles. The third-order valence-electron chi connectivity index (χ3n) is 5.06. The molecule has 1 unspecified atom stereocenters. The van der Waals surface area contributed by atoms with Crippen LogP contribution in [0.1, 0.15) is 51.9 Å². The molecule has 0 bridgehead atoms. The minimum atomic E-state index is 0.371. The van der Waals surface area contributed by atoms with Crippen LogP contribution in [-0.4, -0.2) is 25.2 Å². The molecule has 1 atom stereocenters. The molecule has 3 fully saturated rings. The Balaban J connectivity index is 1.41. The molecular weight excluding hydrogens is 208 g/mol. The minimum Gasteiger partial charge on any atom is -0.315 e. The summed E-state index contributed by atoms with van der Waals surface area (Å²) < 4.78 is 0. The largest absolute Gasteiger partial charge is 0.315 e. The third-order valence-corrected chi connectivity index (χ3v) is 5.06. The summed E-state index contributed by atoms with van der Waals surface area (Å²) >= 11 is 0. The summed E-state index contributed by atoms with van der Waals surface area (Å²) in [5.41, 5.74) is 0.371. The van der Waals surface area contributed by atoms with Crippen LogP contribution in [0.5, 0.6) is 0 Å². The van der Waals surface area contributed by atoms with Crippen LogP contribution in [0.25, 0.3) is 0 Å². The Bertz CT molecular complexity index is 238. The number of hydrogen-bond acceptors (Lipinski definition) is 2. The highest BCUT2D eigenvalue weighted by Crippen LogP contribution is 2.48. The number of piperidine rings is 1. The van der Waals surface area contributed by atoms with Gasteiger partial charge in [-0.25, -0.2) is 0 Å². The van der Waals surface area contributed by atoms with Gasteiger partial charge in [-0.15, -0.1) is 0 Å². The Kier molecular flexibility index (Phi) is 3.45. The van der Waals surface area contributed by atoms with Gasteiger partial charge in [0.2, 0.25) is 0 Å². The van der Waals surface area contributed by atoms with Crippen LogP contribution in [0.2, 0.25) is 0 Å². The standard InChI is InChI=1S/C15H28N2/c1-15(8-2-3-9-17-15)11-16-10-14(12-4-5-12)13-6-7-13/h12-14,16-17H,2-11H2,1H3. The van der Waals surface area contributed by atoms with Crippen LogP contribution in [0.3, 0.4) is 0 Å². The number of rotatable bonds is 6. The van der Waals surface area contributed by atoms with E-state index >= 15 is 0 Å². The molecule has 2 aliphatic carbocycles. The molecule has 3 aliphatic rings. The molecule has 17 heavy (non-hydrogen) atoms. The van der Waals surface area contributed by atoms with Crippen molar-refractivity contribution in [2.24, 2.45) is 17.8 Å². The van der Waals surface area contributed by atoms with Gasteiger partial charge in [-0.2, -0.15) is 0 Å². The van der Waals surface area contributed by atoms with Crippen molar-refractivity contribution in [3.8, 4) is 0 Å². The molecule has 0 amide bonds. The van der Waals surface area contributed by atoms with Gasteiger partial charge in [0.05, 0.1) is 0 Å². The maximum Gasteiger partial charge on any atom is 0.0277 e. The van der Waals surface area contributed by atoms with E-state index in [2.05, 4.69) is 17.6 Å². The molecule has 2 N–H and O–H groups in total. The smallest absolute Gasteiger partial charge is 0.0277 e. The van der Waals surface area contributed by atoms with Crippen molar-refractivity contribution >= 4 is 0 Å². The van der Waals surface area contributed by atoms with Crippen molar-refractivity contribution in [2.45, 2.75) is 57.4 Å². The molecule has 1 heterocycles. The van der Waals surface area contributed by atoms with Gasteiger partial charge in [-0.1, -0.05) is 6.42 Å². The number of hydrogen-bond donors (Lipinski definition) is 2. The van der Waals surface area contributed by atoms with Gasteiger partial charge in [0.15, 0.2) is 0 Å². The molecule has 2 heteroatoms. The zero-order valence-corrected chi connectivity index (χ0v) is 11.3. The van der Waals surface area contributed by atoms with E-state index in [0.717, 1.165) is 17.8 Å². The average molecular weight is 236 g/mol. The minimum absolute atomic E-state index is 0.371. The highest BCUT2D eigenvalue weighted by atomic mass is 15.0. The molecule has 0 radical (unpaired) electrons. The van der Waals surface area contributed by atoms with Crippen molar-refractivity contribution in [1.29, 1.82) is 0 Å². The summed E-state index contributed by atoms with van der Waals surface area (Å²) in [6, 6.07) is 0. The van der Waals surface area contributed by atoms with E-state index in [0.29, 0.717) is 5.54 Å². The van der Waals surface area contributed by atoms with Gasteiger partial charge in [0.1, 0.15) is 0 Å². The SMILES string of the molecule is CC1(CNCC(C2CC2)C2CC2)CCCCN1. The number of nitrogens with one attached hydrogen (secondary N) is 2. The van der Waals surface area contributed by atoms with Crippen LogP contribution in [0.4, 0.5) is 0 Å². The van der Waals surface area contributed by atoms with Gasteiger partial charge < -0.3 is 10.6 Å². The Hall–Kier alpha value is -0.0800. The molecule has 98 valence electrons. The van der Waals surface area contributed by atoms with Gasteiger partial charge in [-0.05, 0) is 76.3 Å². The second-order valence-corrected chi connectivity index (χ2v) is 6.91. The predicted molar refractivity (Wildman–Crippen MR) is 72.1 cm³/mol. The molecule has 0 aromatic heterocycles. The zero-order valence-electron chi connectivity index (χ0n) is 11.3. The van der Waals surface area contributed by atoms with Gasteiger partial charge in [0.25, 0.3) is 0 Å². The predicted octanol–water partition coefficient (Wildman–Crippen LogP) is 2.54. The van der Waals surface area contributed by atoms with Crippen molar-refractivity contribution in [2.75, 3.05) is 19.6 Å². The van der Waals surface area contributed by atoms with E-state index in [1.807, 2.05) is 0 Å². The second-order valence-electron chi connectivity index (χ2n) is 6.91. The first-order valence-electron chi connectivity index (χ1n) is 7.73. The van der Waals surface area contributed by atoms with E-state index in [-0.39, 0.29) is 0 Å². The highest BCUT2D eigenvalue weighted by Gasteiger charge is 2.41. The van der Waals surface area contributed by atoms with Crippen LogP contribution in [0, 0.1) is 17.8 Å². The van der Waals surface area contributed by atoms with Crippen LogP contribution in [0.15, 0.2) is 0 Å². The summed E-state index contributed by atoms with van der Waals surface area (Å²) in [4.78, 5) is 0. The maximum absolute atomic E-state index is 3.78. The highest BCUT2D eigenvalue weighted by molar-refractivity contribution is 4.94. The van der Waals surface area contributed by atoms with E-state index in [1.54, 1.807) is 0 Å². The summed E-state index contributed by atoms with van der Waals surface area (Å²) in [6.45, 7) is 6.06. The Morgan fingerprint density at radius 2 is 1.88 bits per heavy atom. The summed E-state index contributed by atoms with van der Waals surface area (Å²) in [5, 5.41) is 7.47. The Labute approximate surface area is 106 Å². The van der Waals surface area contributed by atoms with Crippen LogP contribution >= 0.6 is 0 Å². The molecular formula is C15H28N2. The molecule has 0 aromatic rings. The molecule has 1 saturated heterocycles. The Morgan fingerprint density at radius 1 is 1.18 bits per heavy atom. The van der Waals surface area contributed by atoms with Crippen molar-refractivity contribution in [3.05, 3.63) is 0 Å². The Morgan fingerprint density at radius 3 is 2.41 bits per heavy atom. The van der Waals surface area contributed by atoms with E-state index in [1.165, 1.54) is 64.6 Å². The van der Waals surface area contributed by atoms with Crippen LogP contribution in [-0.2, 0) is 0 Å². The average Bonchev–Trinajstić information content (AvgIpc) is 3.16. The van der Waals surface area contributed by atoms with Gasteiger partial charge in [-0.3, -0.25) is 0 Å². The fourth-order valence-corrected chi connectivity index (χ4v) is 3.55. The monoisotopic (exact) mass is 236 g/mol. The first-order valence-corrected chi connectivity index (χ1v) is 7.73. The molecule has 1 aliphatic heterocycles. The lowest BCUT2D eigenvalue weighted by Gasteiger charge is -2.35. The lowest BCUT2D eigenvalue weighted by molar-refractivity contribution is 0.255. The molecule has 2 nitrogen and oxygen atoms in total. The maximum atomic E-state index is 3.78. The van der Waals surface area contributed by atoms with Crippen LogP contribution < -0.4 is 10.6 Å². The topological polar surface area (TPSA) is 24.1 Å². The van der Waals surface area contributed by atoms with E-state index in [4.69, 9.17) is 0 Å². The summed E-state index contributed by atoms with van der Waals surface area (Å²) in [7, 11) is 0. The quantitative estimate of drug-likeness (QED) is 0.740. The fourth-order valence-electron chi connectivity index (χ4n) is 3.55. The van der Waals surface area contributed by atoms with Crippen molar-refractivity contribution < 1.29 is 0 Å². The fraction of sp³-hybridized carbons (Fsp3) is 1.00. The summed E-state index contributed by atoms with van der Waals surface area (Å²) in [5.74, 6) is 3.19. The molecule has 3 rings (SSSR count). The second kappa shape index (κ2) is 4.89. The van der Waals surface area contributed by atoms with E-state index < -0.39 is 0 Å². The first-order chi connectivity index (χ1) is 8.27. The third kappa shape index (κ3) is 3.23. The molecule has 0 spiro atoms. The molecule has 0 aromatic carbocycles. The zero-order chi connectivity index (χ0) is 11.7. The van der Waals surface area contributed by atoms with Crippen molar-refractivity contribution in [1.82, 2.24) is 10.6 Å². The van der Waals surface area contributed by atoms with E-state index in [9.17, 15) is 0 Å². The van der Waals surface area contributed by atoms with Crippen molar-refractivity contribution in [3.63, 3.8) is 0 Å². The first kappa shape index (κ1) is 12.0. The van der Waals surface area contributed by atoms with Gasteiger partial charge >= 0.3 is 0 Å². The summed E-state index contributed by atoms with van der Waals surface area (Å²) in [6.07, 6.45) is 10.2. The normalized spacial score (nSPS) is 34.2. The lowest BCUT2D eigenvalue weighted by Crippen LogP contribution is -2.53.